The molecule has 3 aromatic rings. The molecule has 1 aliphatic heterocycles. The number of hydrogen-bond donors (Lipinski definition) is 1. The summed E-state index contributed by atoms with van der Waals surface area (Å²) in [5, 5.41) is 3.11. The first-order chi connectivity index (χ1) is 15.6. The van der Waals surface area contributed by atoms with Crippen LogP contribution in [0.25, 0.3) is 0 Å². The molecule has 2 atom stereocenters. The third kappa shape index (κ3) is 5.35. The van der Waals surface area contributed by atoms with Crippen LogP contribution in [-0.4, -0.2) is 34.3 Å². The first kappa shape index (κ1) is 21.6. The lowest BCUT2D eigenvalue weighted by Gasteiger charge is -2.27. The molecule has 2 unspecified atom stereocenters. The fraction of sp³-hybridized carbons (Fsp3) is 0.259. The quantitative estimate of drug-likeness (QED) is 0.591. The van der Waals surface area contributed by atoms with Crippen LogP contribution in [0.2, 0.25) is 0 Å². The smallest absolute Gasteiger partial charge is 0.318 e. The van der Waals surface area contributed by atoms with Gasteiger partial charge in [0, 0.05) is 26.1 Å². The van der Waals surface area contributed by atoms with Gasteiger partial charge in [-0.25, -0.2) is 4.79 Å². The first-order valence-electron chi connectivity index (χ1n) is 11.1. The normalized spacial score (nSPS) is 16.6. The van der Waals surface area contributed by atoms with E-state index in [0.717, 1.165) is 16.7 Å². The predicted octanol–water partition coefficient (Wildman–Crippen LogP) is 4.76. The molecule has 0 radical (unpaired) electrons. The van der Waals surface area contributed by atoms with E-state index in [0.29, 0.717) is 26.1 Å². The van der Waals surface area contributed by atoms with Crippen LogP contribution in [0.3, 0.4) is 0 Å². The van der Waals surface area contributed by atoms with E-state index in [4.69, 9.17) is 0 Å². The largest absolute Gasteiger partial charge is 0.334 e. The Morgan fingerprint density at radius 1 is 0.906 bits per heavy atom. The zero-order valence-electron chi connectivity index (χ0n) is 18.4. The SMILES string of the molecule is CC(c1ccccc1)N1CC(NC(=O)N(Cc2ccccc2)Cc2ccccc2)CC1=O. The minimum atomic E-state index is -0.199. The van der Waals surface area contributed by atoms with Gasteiger partial charge in [-0.05, 0) is 23.6 Å². The maximum absolute atomic E-state index is 13.2. The van der Waals surface area contributed by atoms with Crippen molar-refractivity contribution in [2.45, 2.75) is 38.5 Å². The Balaban J connectivity index is 1.43. The maximum atomic E-state index is 13.2. The number of nitrogens with one attached hydrogen (secondary N) is 1. The monoisotopic (exact) mass is 427 g/mol. The molecular weight excluding hydrogens is 398 g/mol. The van der Waals surface area contributed by atoms with Crippen LogP contribution in [0.4, 0.5) is 4.79 Å². The molecule has 5 heteroatoms. The Labute approximate surface area is 189 Å². The Bertz CT molecular complexity index is 983. The Morgan fingerprint density at radius 2 is 1.41 bits per heavy atom. The van der Waals surface area contributed by atoms with Crippen molar-refractivity contribution in [2.24, 2.45) is 0 Å². The van der Waals surface area contributed by atoms with E-state index >= 15 is 0 Å². The Kier molecular flexibility index (Phi) is 6.85. The van der Waals surface area contributed by atoms with Gasteiger partial charge in [-0.1, -0.05) is 91.0 Å². The average molecular weight is 428 g/mol. The van der Waals surface area contributed by atoms with Crippen LogP contribution in [-0.2, 0) is 17.9 Å². The number of benzene rings is 3. The molecule has 32 heavy (non-hydrogen) atoms. The Hall–Kier alpha value is -3.60. The summed E-state index contributed by atoms with van der Waals surface area (Å²) in [7, 11) is 0. The second-order valence-electron chi connectivity index (χ2n) is 8.31. The molecule has 3 amide bonds. The van der Waals surface area contributed by atoms with Gasteiger partial charge in [-0.3, -0.25) is 4.79 Å². The molecule has 1 fully saturated rings. The van der Waals surface area contributed by atoms with Gasteiger partial charge in [0.1, 0.15) is 0 Å². The van der Waals surface area contributed by atoms with Gasteiger partial charge in [0.05, 0.1) is 12.1 Å². The molecule has 4 rings (SSSR count). The van der Waals surface area contributed by atoms with Gasteiger partial charge in [0.25, 0.3) is 0 Å². The van der Waals surface area contributed by atoms with Gasteiger partial charge in [0.2, 0.25) is 5.91 Å². The number of carbonyl (C=O) groups is 2. The lowest BCUT2D eigenvalue weighted by molar-refractivity contribution is -0.129. The first-order valence-corrected chi connectivity index (χ1v) is 11.1. The van der Waals surface area contributed by atoms with Crippen molar-refractivity contribution in [2.75, 3.05) is 6.54 Å². The molecule has 0 aromatic heterocycles. The van der Waals surface area contributed by atoms with Crippen molar-refractivity contribution >= 4 is 11.9 Å². The van der Waals surface area contributed by atoms with E-state index in [9.17, 15) is 9.59 Å². The number of carbonyl (C=O) groups excluding carboxylic acids is 2. The molecule has 1 heterocycles. The van der Waals surface area contributed by atoms with E-state index in [-0.39, 0.29) is 24.0 Å². The highest BCUT2D eigenvalue weighted by Gasteiger charge is 2.34. The second-order valence-corrected chi connectivity index (χ2v) is 8.31. The Morgan fingerprint density at radius 3 is 1.94 bits per heavy atom. The highest BCUT2D eigenvalue weighted by atomic mass is 16.2. The van der Waals surface area contributed by atoms with Crippen LogP contribution in [0, 0.1) is 0 Å². The third-order valence-electron chi connectivity index (χ3n) is 5.96. The lowest BCUT2D eigenvalue weighted by atomic mass is 10.1. The molecule has 0 bridgehead atoms. The van der Waals surface area contributed by atoms with Gasteiger partial charge in [-0.15, -0.1) is 0 Å². The molecule has 0 aliphatic carbocycles. The fourth-order valence-corrected chi connectivity index (χ4v) is 4.19. The molecule has 164 valence electrons. The number of urea groups is 1. The molecule has 0 spiro atoms. The zero-order chi connectivity index (χ0) is 22.3. The van der Waals surface area contributed by atoms with E-state index < -0.39 is 0 Å². The van der Waals surface area contributed by atoms with E-state index in [1.165, 1.54) is 0 Å². The van der Waals surface area contributed by atoms with Crippen molar-refractivity contribution in [1.29, 1.82) is 0 Å². The number of likely N-dealkylation sites (tertiary alicyclic amines) is 1. The summed E-state index contributed by atoms with van der Waals surface area (Å²) in [6, 6.07) is 29.6. The number of nitrogens with zero attached hydrogens (tertiary/aromatic N) is 2. The van der Waals surface area contributed by atoms with Crippen molar-refractivity contribution in [3.8, 4) is 0 Å². The summed E-state index contributed by atoms with van der Waals surface area (Å²) >= 11 is 0. The molecule has 1 saturated heterocycles. The van der Waals surface area contributed by atoms with Crippen LogP contribution >= 0.6 is 0 Å². The third-order valence-corrected chi connectivity index (χ3v) is 5.96. The molecule has 1 N–H and O–H groups in total. The minimum Gasteiger partial charge on any atom is -0.334 e. The average Bonchev–Trinajstić information content (AvgIpc) is 3.19. The molecule has 1 aliphatic rings. The van der Waals surface area contributed by atoms with E-state index in [1.807, 2.05) is 103 Å². The van der Waals surface area contributed by atoms with Crippen molar-refractivity contribution in [3.05, 3.63) is 108 Å². The van der Waals surface area contributed by atoms with Crippen LogP contribution in [0.15, 0.2) is 91.0 Å². The van der Waals surface area contributed by atoms with Crippen LogP contribution in [0.1, 0.15) is 36.1 Å². The van der Waals surface area contributed by atoms with Gasteiger partial charge < -0.3 is 15.1 Å². The van der Waals surface area contributed by atoms with Crippen LogP contribution < -0.4 is 5.32 Å². The highest BCUT2D eigenvalue weighted by molar-refractivity contribution is 5.82. The van der Waals surface area contributed by atoms with E-state index in [2.05, 4.69) is 5.32 Å². The van der Waals surface area contributed by atoms with Gasteiger partial charge in [-0.2, -0.15) is 0 Å². The highest BCUT2D eigenvalue weighted by Crippen LogP contribution is 2.25. The van der Waals surface area contributed by atoms with Gasteiger partial charge in [0.15, 0.2) is 0 Å². The summed E-state index contributed by atoms with van der Waals surface area (Å²) in [6.07, 6.45) is 0.327. The lowest BCUT2D eigenvalue weighted by Crippen LogP contribution is -2.45. The van der Waals surface area contributed by atoms with Crippen molar-refractivity contribution < 1.29 is 9.59 Å². The summed E-state index contributed by atoms with van der Waals surface area (Å²) in [4.78, 5) is 29.6. The number of hydrogen-bond acceptors (Lipinski definition) is 2. The summed E-state index contributed by atoms with van der Waals surface area (Å²) in [6.45, 7) is 3.57. The van der Waals surface area contributed by atoms with E-state index in [1.54, 1.807) is 4.90 Å². The number of amides is 3. The summed E-state index contributed by atoms with van der Waals surface area (Å²) in [5.41, 5.74) is 3.24. The fourth-order valence-electron chi connectivity index (χ4n) is 4.19. The van der Waals surface area contributed by atoms with Crippen molar-refractivity contribution in [3.63, 3.8) is 0 Å². The van der Waals surface area contributed by atoms with Crippen molar-refractivity contribution in [1.82, 2.24) is 15.1 Å². The molecule has 5 nitrogen and oxygen atoms in total. The number of rotatable bonds is 7. The molecule has 0 saturated carbocycles. The standard InChI is InChI=1S/C27H29N3O2/c1-21(24-15-9-4-10-16-24)30-20-25(17-26(30)31)28-27(32)29(18-22-11-5-2-6-12-22)19-23-13-7-3-8-14-23/h2-16,21,25H,17-20H2,1H3,(H,28,32). The van der Waals surface area contributed by atoms with Gasteiger partial charge >= 0.3 is 6.03 Å². The molecule has 3 aromatic carbocycles. The minimum absolute atomic E-state index is 0.0182. The predicted molar refractivity (Wildman–Crippen MR) is 126 cm³/mol. The van der Waals surface area contributed by atoms with Crippen LogP contribution in [0.5, 0.6) is 0 Å². The summed E-state index contributed by atoms with van der Waals surface area (Å²) < 4.78 is 0. The zero-order valence-corrected chi connectivity index (χ0v) is 18.4. The molecular formula is C27H29N3O2. The maximum Gasteiger partial charge on any atom is 0.318 e. The summed E-state index contributed by atoms with van der Waals surface area (Å²) in [5.74, 6) is 0.0734. The topological polar surface area (TPSA) is 52.7 Å². The second kappa shape index (κ2) is 10.1.